The molecule has 0 bridgehead atoms. The Hall–Kier alpha value is -4.37. The zero-order valence-electron chi connectivity index (χ0n) is 21.9. The Morgan fingerprint density at radius 2 is 1.61 bits per heavy atom. The van der Waals surface area contributed by atoms with Gasteiger partial charge in [0, 0.05) is 31.5 Å². The minimum absolute atomic E-state index is 0.0520. The van der Waals surface area contributed by atoms with Crippen molar-refractivity contribution in [2.45, 2.75) is 38.5 Å². The van der Waals surface area contributed by atoms with Gasteiger partial charge in [0.25, 0.3) is 0 Å². The van der Waals surface area contributed by atoms with Crippen molar-refractivity contribution < 1.29 is 14.7 Å². The first-order valence-electron chi connectivity index (χ1n) is 12.9. The van der Waals surface area contributed by atoms with Crippen LogP contribution in [0.4, 0.5) is 11.4 Å². The van der Waals surface area contributed by atoms with E-state index in [9.17, 15) is 14.9 Å². The molecule has 3 aromatic rings. The highest BCUT2D eigenvalue weighted by atomic mass is 16.4. The molecule has 2 N–H and O–H groups in total. The highest BCUT2D eigenvalue weighted by Crippen LogP contribution is 2.41. The summed E-state index contributed by atoms with van der Waals surface area (Å²) in [7, 11) is 4.05. The Morgan fingerprint density at radius 3 is 2.18 bits per heavy atom. The van der Waals surface area contributed by atoms with Gasteiger partial charge in [-0.25, -0.2) is 4.79 Å². The van der Waals surface area contributed by atoms with Crippen LogP contribution in [-0.2, 0) is 16.0 Å². The van der Waals surface area contributed by atoms with Gasteiger partial charge in [0.2, 0.25) is 5.91 Å². The lowest BCUT2D eigenvalue weighted by molar-refractivity contribution is -0.131. The van der Waals surface area contributed by atoms with Crippen molar-refractivity contribution in [3.63, 3.8) is 0 Å². The van der Waals surface area contributed by atoms with Gasteiger partial charge in [-0.3, -0.25) is 4.79 Å². The number of carbonyl (C=O) groups is 2. The molecule has 0 atom stereocenters. The quantitative estimate of drug-likeness (QED) is 0.339. The maximum absolute atomic E-state index is 13.7. The van der Waals surface area contributed by atoms with Crippen LogP contribution >= 0.6 is 0 Å². The zero-order valence-corrected chi connectivity index (χ0v) is 21.9. The van der Waals surface area contributed by atoms with Crippen LogP contribution in [0.1, 0.15) is 48.8 Å². The average Bonchev–Trinajstić information content (AvgIpc) is 2.92. The van der Waals surface area contributed by atoms with E-state index in [-0.39, 0.29) is 5.91 Å². The number of carboxylic acid groups (broad SMARTS) is 1. The molecule has 4 rings (SSSR count). The van der Waals surface area contributed by atoms with Crippen LogP contribution in [0.5, 0.6) is 0 Å². The molecule has 0 heterocycles. The number of amides is 1. The second-order valence-electron chi connectivity index (χ2n) is 10.2. The number of carbonyl (C=O) groups excluding carboxylic acids is 1. The first-order valence-corrected chi connectivity index (χ1v) is 12.9. The third-order valence-corrected chi connectivity index (χ3v) is 7.27. The van der Waals surface area contributed by atoms with Gasteiger partial charge in [-0.2, -0.15) is 5.26 Å². The number of rotatable bonds is 8. The standard InChI is InChI=1S/C32H33N3O3/c1-35(2)29-13-11-27(12-14-29)26-9-6-23(7-10-26)21-32(16-4-3-5-17-32)31(38)34-28-19-24(8-15-30(36)37)18-25(20-28)22-33/h6-15,18-20H,3-5,16-17,21H2,1-2H3,(H,34,38)(H,36,37)/b15-8+. The van der Waals surface area contributed by atoms with Crippen molar-refractivity contribution in [3.8, 4) is 17.2 Å². The molecule has 194 valence electrons. The fourth-order valence-corrected chi connectivity index (χ4v) is 5.19. The van der Waals surface area contributed by atoms with E-state index >= 15 is 0 Å². The fraction of sp³-hybridized carbons (Fsp3) is 0.281. The lowest BCUT2D eigenvalue weighted by atomic mass is 9.69. The summed E-state index contributed by atoms with van der Waals surface area (Å²) in [6.07, 6.45) is 7.79. The molecule has 1 aliphatic rings. The van der Waals surface area contributed by atoms with Gasteiger partial charge in [0.05, 0.1) is 17.0 Å². The van der Waals surface area contributed by atoms with Crippen molar-refractivity contribution in [2.24, 2.45) is 5.41 Å². The molecule has 0 radical (unpaired) electrons. The Labute approximate surface area is 224 Å². The van der Waals surface area contributed by atoms with Gasteiger partial charge >= 0.3 is 5.97 Å². The summed E-state index contributed by atoms with van der Waals surface area (Å²) in [5, 5.41) is 21.4. The Bertz CT molecular complexity index is 1360. The highest BCUT2D eigenvalue weighted by Gasteiger charge is 2.39. The summed E-state index contributed by atoms with van der Waals surface area (Å²) < 4.78 is 0. The smallest absolute Gasteiger partial charge is 0.328 e. The monoisotopic (exact) mass is 507 g/mol. The normalized spacial score (nSPS) is 14.6. The predicted molar refractivity (Wildman–Crippen MR) is 152 cm³/mol. The number of benzene rings is 3. The third kappa shape index (κ3) is 6.49. The van der Waals surface area contributed by atoms with E-state index < -0.39 is 11.4 Å². The molecule has 3 aromatic carbocycles. The lowest BCUT2D eigenvalue weighted by Crippen LogP contribution is -2.40. The van der Waals surface area contributed by atoms with Crippen LogP contribution in [0.3, 0.4) is 0 Å². The molecule has 0 spiro atoms. The van der Waals surface area contributed by atoms with Crippen molar-refractivity contribution >= 4 is 29.3 Å². The van der Waals surface area contributed by atoms with Gasteiger partial charge < -0.3 is 15.3 Å². The Balaban J connectivity index is 1.54. The van der Waals surface area contributed by atoms with E-state index in [4.69, 9.17) is 5.11 Å². The Kier molecular flexibility index (Phi) is 8.28. The molecule has 1 aliphatic carbocycles. The molecule has 1 fully saturated rings. The summed E-state index contributed by atoms with van der Waals surface area (Å²) in [6.45, 7) is 0. The van der Waals surface area contributed by atoms with E-state index in [1.807, 2.05) is 14.1 Å². The van der Waals surface area contributed by atoms with E-state index in [0.29, 0.717) is 23.2 Å². The molecule has 6 nitrogen and oxygen atoms in total. The average molecular weight is 508 g/mol. The molecular weight excluding hydrogens is 474 g/mol. The van der Waals surface area contributed by atoms with E-state index in [1.165, 1.54) is 6.08 Å². The Morgan fingerprint density at radius 1 is 0.974 bits per heavy atom. The lowest BCUT2D eigenvalue weighted by Gasteiger charge is -2.36. The van der Waals surface area contributed by atoms with Gasteiger partial charge in [0.1, 0.15) is 0 Å². The van der Waals surface area contributed by atoms with Crippen molar-refractivity contribution in [1.82, 2.24) is 0 Å². The summed E-state index contributed by atoms with van der Waals surface area (Å²) in [6, 6.07) is 23.9. The van der Waals surface area contributed by atoms with Gasteiger partial charge in [0.15, 0.2) is 0 Å². The van der Waals surface area contributed by atoms with Crippen molar-refractivity contribution in [1.29, 1.82) is 5.26 Å². The van der Waals surface area contributed by atoms with Crippen LogP contribution in [0.15, 0.2) is 72.8 Å². The first-order chi connectivity index (χ1) is 18.3. The summed E-state index contributed by atoms with van der Waals surface area (Å²) in [5.41, 5.74) is 5.43. The first kappa shape index (κ1) is 26.7. The van der Waals surface area contributed by atoms with Crippen molar-refractivity contribution in [2.75, 3.05) is 24.3 Å². The van der Waals surface area contributed by atoms with Crippen LogP contribution in [0.2, 0.25) is 0 Å². The molecule has 1 saturated carbocycles. The minimum Gasteiger partial charge on any atom is -0.478 e. The maximum Gasteiger partial charge on any atom is 0.328 e. The van der Waals surface area contributed by atoms with E-state index in [0.717, 1.165) is 60.6 Å². The number of aliphatic carboxylic acids is 1. The van der Waals surface area contributed by atoms with E-state index in [1.54, 1.807) is 18.2 Å². The van der Waals surface area contributed by atoms with E-state index in [2.05, 4.69) is 64.8 Å². The molecule has 0 saturated heterocycles. The third-order valence-electron chi connectivity index (χ3n) is 7.27. The van der Waals surface area contributed by atoms with Gasteiger partial charge in [-0.15, -0.1) is 0 Å². The number of hydrogen-bond acceptors (Lipinski definition) is 4. The topological polar surface area (TPSA) is 93.4 Å². The van der Waals surface area contributed by atoms with Crippen LogP contribution in [0, 0.1) is 16.7 Å². The van der Waals surface area contributed by atoms with Crippen LogP contribution in [0.25, 0.3) is 17.2 Å². The molecule has 6 heteroatoms. The van der Waals surface area contributed by atoms with Crippen LogP contribution < -0.4 is 10.2 Å². The molecule has 0 aromatic heterocycles. The molecule has 0 unspecified atom stereocenters. The number of anilines is 2. The fourth-order valence-electron chi connectivity index (χ4n) is 5.19. The number of nitrogens with zero attached hydrogens (tertiary/aromatic N) is 2. The van der Waals surface area contributed by atoms with Crippen LogP contribution in [-0.4, -0.2) is 31.1 Å². The summed E-state index contributed by atoms with van der Waals surface area (Å²) in [5.74, 6) is -1.13. The maximum atomic E-state index is 13.7. The van der Waals surface area contributed by atoms with Gasteiger partial charge in [-0.1, -0.05) is 55.7 Å². The number of hydrogen-bond donors (Lipinski definition) is 2. The number of nitrogens with one attached hydrogen (secondary N) is 1. The molecule has 38 heavy (non-hydrogen) atoms. The predicted octanol–water partition coefficient (Wildman–Crippen LogP) is 6.52. The van der Waals surface area contributed by atoms with Gasteiger partial charge in [-0.05, 0) is 77.9 Å². The molecule has 1 amide bonds. The summed E-state index contributed by atoms with van der Waals surface area (Å²) in [4.78, 5) is 26.7. The van der Waals surface area contributed by atoms with Crippen molar-refractivity contribution in [3.05, 3.63) is 89.5 Å². The second-order valence-corrected chi connectivity index (χ2v) is 10.2. The minimum atomic E-state index is -1.07. The zero-order chi connectivity index (χ0) is 27.1. The highest BCUT2D eigenvalue weighted by molar-refractivity contribution is 5.96. The number of nitriles is 1. The molecular formula is C32H33N3O3. The molecule has 0 aliphatic heterocycles. The SMILES string of the molecule is CN(C)c1ccc(-c2ccc(CC3(C(=O)Nc4cc(C#N)cc(/C=C/C(=O)O)c4)CCCCC3)cc2)cc1. The largest absolute Gasteiger partial charge is 0.478 e. The number of carboxylic acids is 1. The second kappa shape index (κ2) is 11.8. The summed E-state index contributed by atoms with van der Waals surface area (Å²) >= 11 is 0.